The van der Waals surface area contributed by atoms with Crippen molar-refractivity contribution in [1.29, 1.82) is 0 Å². The van der Waals surface area contributed by atoms with Gasteiger partial charge in [-0.1, -0.05) is 43.6 Å². The third-order valence-electron chi connectivity index (χ3n) is 4.48. The van der Waals surface area contributed by atoms with Gasteiger partial charge in [-0.05, 0) is 60.8 Å². The largest absolute Gasteiger partial charge is 0.382 e. The van der Waals surface area contributed by atoms with Gasteiger partial charge >= 0.3 is 0 Å². The molecule has 0 bridgehead atoms. The number of anilines is 1. The Bertz CT molecular complexity index is 439. The van der Waals surface area contributed by atoms with Gasteiger partial charge in [-0.3, -0.25) is 0 Å². The molecule has 2 unspecified atom stereocenters. The van der Waals surface area contributed by atoms with Crippen molar-refractivity contribution in [2.24, 2.45) is 11.3 Å². The summed E-state index contributed by atoms with van der Waals surface area (Å²) in [6.45, 7) is 9.41. The number of nitrogens with one attached hydrogen (secondary N) is 1. The molecule has 1 aliphatic rings. The van der Waals surface area contributed by atoms with Crippen LogP contribution in [0.25, 0.3) is 0 Å². The fourth-order valence-electron chi connectivity index (χ4n) is 3.36. The number of hydrogen-bond donors (Lipinski definition) is 1. The van der Waals surface area contributed by atoms with Gasteiger partial charge in [-0.15, -0.1) is 0 Å². The van der Waals surface area contributed by atoms with Gasteiger partial charge in [-0.25, -0.2) is 0 Å². The molecule has 0 aromatic heterocycles. The van der Waals surface area contributed by atoms with E-state index in [0.29, 0.717) is 11.5 Å². The average molecular weight is 324 g/mol. The molecule has 1 aromatic carbocycles. The van der Waals surface area contributed by atoms with Gasteiger partial charge in [0.05, 0.1) is 0 Å². The van der Waals surface area contributed by atoms with E-state index in [4.69, 9.17) is 0 Å². The Morgan fingerprint density at radius 3 is 2.74 bits per heavy atom. The molecule has 0 radical (unpaired) electrons. The Labute approximate surface area is 126 Å². The molecule has 0 saturated heterocycles. The van der Waals surface area contributed by atoms with E-state index in [1.807, 2.05) is 0 Å². The predicted octanol–water partition coefficient (Wildman–Crippen LogP) is 5.64. The van der Waals surface area contributed by atoms with Gasteiger partial charge in [0.25, 0.3) is 0 Å². The lowest BCUT2D eigenvalue weighted by molar-refractivity contribution is 0.177. The highest BCUT2D eigenvalue weighted by molar-refractivity contribution is 9.10. The van der Waals surface area contributed by atoms with Crippen molar-refractivity contribution in [2.75, 3.05) is 5.32 Å². The van der Waals surface area contributed by atoms with Gasteiger partial charge in [0.1, 0.15) is 0 Å². The number of rotatable bonds is 3. The van der Waals surface area contributed by atoms with Crippen molar-refractivity contribution in [1.82, 2.24) is 0 Å². The summed E-state index contributed by atoms with van der Waals surface area (Å²) in [4.78, 5) is 0. The molecule has 1 aliphatic carbocycles. The smallest absolute Gasteiger partial charge is 0.0375 e. The average Bonchev–Trinajstić information content (AvgIpc) is 2.33. The van der Waals surface area contributed by atoms with Crippen LogP contribution in [-0.2, 0) is 6.42 Å². The summed E-state index contributed by atoms with van der Waals surface area (Å²) in [5, 5.41) is 3.79. The quantitative estimate of drug-likeness (QED) is 0.759. The highest BCUT2D eigenvalue weighted by Crippen LogP contribution is 2.39. The van der Waals surface area contributed by atoms with Crippen LogP contribution in [0.3, 0.4) is 0 Å². The lowest BCUT2D eigenvalue weighted by Gasteiger charge is -2.40. The Kier molecular flexibility index (Phi) is 4.60. The lowest BCUT2D eigenvalue weighted by Crippen LogP contribution is -2.37. The number of aryl methyl sites for hydroxylation is 1. The molecule has 1 aromatic rings. The first-order chi connectivity index (χ1) is 8.91. The minimum Gasteiger partial charge on any atom is -0.382 e. The van der Waals surface area contributed by atoms with Crippen molar-refractivity contribution in [3.8, 4) is 0 Å². The first-order valence-corrected chi connectivity index (χ1v) is 8.25. The van der Waals surface area contributed by atoms with E-state index >= 15 is 0 Å². The van der Waals surface area contributed by atoms with Crippen LogP contribution in [0.15, 0.2) is 22.7 Å². The zero-order valence-electron chi connectivity index (χ0n) is 12.6. The summed E-state index contributed by atoms with van der Waals surface area (Å²) in [6, 6.07) is 7.22. The Hall–Kier alpha value is -0.500. The fourth-order valence-corrected chi connectivity index (χ4v) is 3.76. The van der Waals surface area contributed by atoms with E-state index in [1.54, 1.807) is 0 Å². The second-order valence-corrected chi connectivity index (χ2v) is 7.71. The van der Waals surface area contributed by atoms with Gasteiger partial charge in [-0.2, -0.15) is 0 Å². The molecule has 1 N–H and O–H groups in total. The third-order valence-corrected chi connectivity index (χ3v) is 4.98. The van der Waals surface area contributed by atoms with Crippen molar-refractivity contribution in [3.05, 3.63) is 28.2 Å². The van der Waals surface area contributed by atoms with E-state index in [1.165, 1.54) is 35.0 Å². The van der Waals surface area contributed by atoms with Crippen LogP contribution >= 0.6 is 15.9 Å². The normalized spacial score (nSPS) is 26.2. The van der Waals surface area contributed by atoms with Crippen molar-refractivity contribution < 1.29 is 0 Å². The summed E-state index contributed by atoms with van der Waals surface area (Å²) in [5.41, 5.74) is 3.25. The molecule has 0 heterocycles. The summed E-state index contributed by atoms with van der Waals surface area (Å²) >= 11 is 3.56. The molecule has 19 heavy (non-hydrogen) atoms. The number of hydrogen-bond acceptors (Lipinski definition) is 1. The van der Waals surface area contributed by atoms with Crippen LogP contribution in [-0.4, -0.2) is 6.04 Å². The van der Waals surface area contributed by atoms with Crippen LogP contribution in [0, 0.1) is 11.3 Å². The zero-order valence-corrected chi connectivity index (χ0v) is 14.2. The van der Waals surface area contributed by atoms with E-state index < -0.39 is 0 Å². The minimum atomic E-state index is 0.519. The van der Waals surface area contributed by atoms with Gasteiger partial charge in [0.2, 0.25) is 0 Å². The molecular formula is C17H26BrN. The van der Waals surface area contributed by atoms with Gasteiger partial charge in [0, 0.05) is 16.2 Å². The molecule has 2 heteroatoms. The van der Waals surface area contributed by atoms with E-state index in [-0.39, 0.29) is 0 Å². The molecular weight excluding hydrogens is 298 g/mol. The van der Waals surface area contributed by atoms with Crippen LogP contribution in [0.4, 0.5) is 5.69 Å². The SMILES string of the molecule is CCc1cc(Br)ccc1NC1CCC(C)(C)CC1C. The fraction of sp³-hybridized carbons (Fsp3) is 0.647. The highest BCUT2D eigenvalue weighted by atomic mass is 79.9. The maximum atomic E-state index is 3.79. The maximum Gasteiger partial charge on any atom is 0.0375 e. The minimum absolute atomic E-state index is 0.519. The topological polar surface area (TPSA) is 12.0 Å². The molecule has 0 spiro atoms. The van der Waals surface area contributed by atoms with E-state index in [0.717, 1.165) is 12.3 Å². The number of halogens is 1. The molecule has 1 fully saturated rings. The summed E-state index contributed by atoms with van der Waals surface area (Å²) in [5.74, 6) is 0.747. The number of benzene rings is 1. The molecule has 1 saturated carbocycles. The maximum absolute atomic E-state index is 3.79. The first-order valence-electron chi connectivity index (χ1n) is 7.46. The van der Waals surface area contributed by atoms with Crippen molar-refractivity contribution >= 4 is 21.6 Å². The highest BCUT2D eigenvalue weighted by Gasteiger charge is 2.32. The Morgan fingerprint density at radius 1 is 1.37 bits per heavy atom. The van der Waals surface area contributed by atoms with E-state index in [2.05, 4.69) is 67.1 Å². The zero-order chi connectivity index (χ0) is 14.0. The molecule has 106 valence electrons. The van der Waals surface area contributed by atoms with Gasteiger partial charge in [0.15, 0.2) is 0 Å². The molecule has 2 rings (SSSR count). The second kappa shape index (κ2) is 5.87. The van der Waals surface area contributed by atoms with Crippen LogP contribution in [0.2, 0.25) is 0 Å². The third kappa shape index (κ3) is 3.75. The molecule has 1 nitrogen and oxygen atoms in total. The summed E-state index contributed by atoms with van der Waals surface area (Å²) in [6.07, 6.45) is 5.01. The Morgan fingerprint density at radius 2 is 2.11 bits per heavy atom. The van der Waals surface area contributed by atoms with Crippen LogP contribution in [0.5, 0.6) is 0 Å². The van der Waals surface area contributed by atoms with Crippen LogP contribution in [0.1, 0.15) is 52.5 Å². The standard InChI is InChI=1S/C17H26BrN/c1-5-13-10-14(18)6-7-16(13)19-15-8-9-17(3,4)11-12(15)2/h6-7,10,12,15,19H,5,8-9,11H2,1-4H3. The first kappa shape index (κ1) is 14.9. The second-order valence-electron chi connectivity index (χ2n) is 6.79. The van der Waals surface area contributed by atoms with Crippen LogP contribution < -0.4 is 5.32 Å². The van der Waals surface area contributed by atoms with E-state index in [9.17, 15) is 0 Å². The lowest BCUT2D eigenvalue weighted by atomic mass is 9.70. The predicted molar refractivity (Wildman–Crippen MR) is 87.7 cm³/mol. The summed E-state index contributed by atoms with van der Waals surface area (Å²) < 4.78 is 1.17. The monoisotopic (exact) mass is 323 g/mol. The molecule has 2 atom stereocenters. The summed E-state index contributed by atoms with van der Waals surface area (Å²) in [7, 11) is 0. The Balaban J connectivity index is 2.09. The molecule has 0 aliphatic heterocycles. The van der Waals surface area contributed by atoms with Crippen molar-refractivity contribution in [2.45, 2.75) is 59.4 Å². The molecule has 0 amide bonds. The van der Waals surface area contributed by atoms with Crippen molar-refractivity contribution in [3.63, 3.8) is 0 Å². The van der Waals surface area contributed by atoms with Gasteiger partial charge < -0.3 is 5.32 Å².